The SMILES string of the molecule is O=C(Nc1ccc(Oc2ccccc2)cc1)C1[C@H]2C=CC3(O2)C(C(=O)NC2CCCCC2)N(C2CCCCC2)C(=O)[C@@H]13. The van der Waals surface area contributed by atoms with Gasteiger partial charge in [-0.15, -0.1) is 0 Å². The molecular weight excluding hydrogens is 530 g/mol. The smallest absolute Gasteiger partial charge is 0.246 e. The van der Waals surface area contributed by atoms with E-state index in [1.165, 1.54) is 6.42 Å². The lowest BCUT2D eigenvalue weighted by atomic mass is 9.74. The van der Waals surface area contributed by atoms with Gasteiger partial charge in [0.1, 0.15) is 23.1 Å². The second kappa shape index (κ2) is 11.2. The Balaban J connectivity index is 1.12. The van der Waals surface area contributed by atoms with Crippen LogP contribution in [0.25, 0.3) is 0 Å². The Morgan fingerprint density at radius 3 is 2.21 bits per heavy atom. The van der Waals surface area contributed by atoms with Gasteiger partial charge in [0.15, 0.2) is 0 Å². The molecule has 2 N–H and O–H groups in total. The van der Waals surface area contributed by atoms with E-state index in [2.05, 4.69) is 10.6 Å². The molecule has 2 saturated heterocycles. The minimum absolute atomic E-state index is 0.00903. The number of rotatable bonds is 7. The molecular formula is C34H39N3O5. The van der Waals surface area contributed by atoms with Crippen molar-refractivity contribution < 1.29 is 23.9 Å². The molecule has 3 heterocycles. The first-order valence-electron chi connectivity index (χ1n) is 15.7. The second-order valence-corrected chi connectivity index (χ2v) is 12.5. The highest BCUT2D eigenvalue weighted by atomic mass is 16.5. The zero-order valence-electron chi connectivity index (χ0n) is 23.9. The number of nitrogens with one attached hydrogen (secondary N) is 2. The molecule has 2 saturated carbocycles. The summed E-state index contributed by atoms with van der Waals surface area (Å²) in [5.41, 5.74) is -0.504. The minimum Gasteiger partial charge on any atom is -0.457 e. The number of ether oxygens (including phenoxy) is 2. The zero-order valence-corrected chi connectivity index (χ0v) is 23.9. The van der Waals surface area contributed by atoms with E-state index < -0.39 is 29.6 Å². The number of benzene rings is 2. The van der Waals surface area contributed by atoms with Crippen molar-refractivity contribution in [3.63, 3.8) is 0 Å². The van der Waals surface area contributed by atoms with E-state index in [0.717, 1.165) is 63.5 Å². The van der Waals surface area contributed by atoms with Crippen molar-refractivity contribution in [2.75, 3.05) is 5.32 Å². The molecule has 2 aromatic carbocycles. The Morgan fingerprint density at radius 1 is 0.833 bits per heavy atom. The lowest BCUT2D eigenvalue weighted by molar-refractivity contribution is -0.144. The van der Waals surface area contributed by atoms with E-state index in [4.69, 9.17) is 9.47 Å². The van der Waals surface area contributed by atoms with Crippen molar-refractivity contribution in [3.05, 3.63) is 66.7 Å². The highest BCUT2D eigenvalue weighted by Gasteiger charge is 2.73. The monoisotopic (exact) mass is 569 g/mol. The van der Waals surface area contributed by atoms with Crippen molar-refractivity contribution in [1.82, 2.24) is 10.2 Å². The summed E-state index contributed by atoms with van der Waals surface area (Å²) in [6.45, 7) is 0. The van der Waals surface area contributed by atoms with E-state index in [9.17, 15) is 14.4 Å². The fourth-order valence-electron chi connectivity index (χ4n) is 7.94. The Hall–Kier alpha value is -3.65. The van der Waals surface area contributed by atoms with Crippen molar-refractivity contribution >= 4 is 23.4 Å². The standard InChI is InChI=1S/C34H39N3O5/c38-31(35-23-16-18-26(19-17-23)41-25-14-8-3-9-15-25)28-27-20-21-34(42-27)29(28)33(40)37(24-12-6-2-7-13-24)30(34)32(39)36-22-10-4-1-5-11-22/h3,8-9,14-22,24,27-30H,1-2,4-7,10-13H2,(H,35,38)(H,36,39)/t27-,28?,29-,30?,34?/m1/s1. The number of likely N-dealkylation sites (tertiary alicyclic amines) is 1. The molecule has 2 aliphatic carbocycles. The van der Waals surface area contributed by atoms with Crippen LogP contribution in [-0.2, 0) is 19.1 Å². The Kier molecular flexibility index (Phi) is 7.26. The number of hydrogen-bond donors (Lipinski definition) is 2. The van der Waals surface area contributed by atoms with Crippen molar-refractivity contribution in [3.8, 4) is 11.5 Å². The van der Waals surface area contributed by atoms with Gasteiger partial charge < -0.3 is 25.0 Å². The van der Waals surface area contributed by atoms with Gasteiger partial charge in [0, 0.05) is 17.8 Å². The van der Waals surface area contributed by atoms with Gasteiger partial charge in [0.25, 0.3) is 0 Å². The number of nitrogens with zero attached hydrogens (tertiary/aromatic N) is 1. The number of carbonyl (C=O) groups excluding carboxylic acids is 3. The molecule has 1 spiro atoms. The first-order valence-corrected chi connectivity index (χ1v) is 15.7. The van der Waals surface area contributed by atoms with Crippen LogP contribution in [0.4, 0.5) is 5.69 Å². The average Bonchev–Trinajstić information content (AvgIpc) is 3.67. The quantitative estimate of drug-likeness (QED) is 0.439. The Bertz CT molecular complexity index is 1350. The maximum Gasteiger partial charge on any atom is 0.246 e. The molecule has 8 nitrogen and oxygen atoms in total. The predicted molar refractivity (Wildman–Crippen MR) is 158 cm³/mol. The van der Waals surface area contributed by atoms with Gasteiger partial charge in [-0.05, 0) is 62.1 Å². The van der Waals surface area contributed by atoms with E-state index in [0.29, 0.717) is 11.4 Å². The molecule has 3 unspecified atom stereocenters. The second-order valence-electron chi connectivity index (χ2n) is 12.5. The number of amides is 3. The molecule has 3 aliphatic heterocycles. The molecule has 220 valence electrons. The van der Waals surface area contributed by atoms with E-state index in [-0.39, 0.29) is 29.8 Å². The van der Waals surface area contributed by atoms with Gasteiger partial charge in [-0.2, -0.15) is 0 Å². The fraction of sp³-hybridized carbons (Fsp3) is 0.500. The topological polar surface area (TPSA) is 97.0 Å². The van der Waals surface area contributed by atoms with Gasteiger partial charge in [-0.25, -0.2) is 0 Å². The van der Waals surface area contributed by atoms with Crippen LogP contribution in [0.3, 0.4) is 0 Å². The van der Waals surface area contributed by atoms with Crippen LogP contribution in [0.15, 0.2) is 66.7 Å². The van der Waals surface area contributed by atoms with Crippen molar-refractivity contribution in [2.24, 2.45) is 11.8 Å². The summed E-state index contributed by atoms with van der Waals surface area (Å²) >= 11 is 0. The van der Waals surface area contributed by atoms with Gasteiger partial charge in [-0.3, -0.25) is 14.4 Å². The molecule has 2 aromatic rings. The summed E-state index contributed by atoms with van der Waals surface area (Å²) in [4.78, 5) is 44.0. The molecule has 8 heteroatoms. The zero-order chi connectivity index (χ0) is 28.7. The summed E-state index contributed by atoms with van der Waals surface area (Å²) in [6.07, 6.45) is 13.6. The van der Waals surface area contributed by atoms with Crippen LogP contribution < -0.4 is 15.4 Å². The third-order valence-corrected chi connectivity index (χ3v) is 9.88. The van der Waals surface area contributed by atoms with E-state index in [1.54, 1.807) is 24.3 Å². The molecule has 0 radical (unpaired) electrons. The van der Waals surface area contributed by atoms with Crippen LogP contribution in [0, 0.1) is 11.8 Å². The van der Waals surface area contributed by atoms with Crippen molar-refractivity contribution in [1.29, 1.82) is 0 Å². The maximum atomic E-state index is 14.3. The Labute approximate surface area is 246 Å². The van der Waals surface area contributed by atoms with Crippen LogP contribution in [0.2, 0.25) is 0 Å². The first-order chi connectivity index (χ1) is 20.5. The normalized spacial score (nSPS) is 30.8. The molecule has 2 bridgehead atoms. The number of hydrogen-bond acceptors (Lipinski definition) is 5. The lowest BCUT2D eigenvalue weighted by Gasteiger charge is -2.39. The van der Waals surface area contributed by atoms with Gasteiger partial charge >= 0.3 is 0 Å². The third-order valence-electron chi connectivity index (χ3n) is 9.88. The molecule has 7 rings (SSSR count). The summed E-state index contributed by atoms with van der Waals surface area (Å²) in [7, 11) is 0. The molecule has 4 fully saturated rings. The molecule has 5 aliphatic rings. The minimum atomic E-state index is -1.12. The highest BCUT2D eigenvalue weighted by Crippen LogP contribution is 2.56. The number of anilines is 1. The summed E-state index contributed by atoms with van der Waals surface area (Å²) < 4.78 is 12.4. The van der Waals surface area contributed by atoms with Crippen molar-refractivity contribution in [2.45, 2.75) is 94.0 Å². The molecule has 5 atom stereocenters. The first kappa shape index (κ1) is 27.2. The number of carbonyl (C=O) groups is 3. The highest BCUT2D eigenvalue weighted by molar-refractivity contribution is 6.03. The molecule has 3 amide bonds. The van der Waals surface area contributed by atoms with Gasteiger partial charge in [0.2, 0.25) is 17.7 Å². The van der Waals surface area contributed by atoms with Crippen LogP contribution in [0.5, 0.6) is 11.5 Å². The Morgan fingerprint density at radius 2 is 1.50 bits per heavy atom. The summed E-state index contributed by atoms with van der Waals surface area (Å²) in [5.74, 6) is -0.565. The molecule has 0 aromatic heterocycles. The number of para-hydroxylation sites is 1. The lowest BCUT2D eigenvalue weighted by Crippen LogP contribution is -2.58. The van der Waals surface area contributed by atoms with E-state index in [1.807, 2.05) is 47.4 Å². The van der Waals surface area contributed by atoms with Crippen LogP contribution >= 0.6 is 0 Å². The summed E-state index contributed by atoms with van der Waals surface area (Å²) in [6, 6.07) is 16.1. The molecule has 42 heavy (non-hydrogen) atoms. The van der Waals surface area contributed by atoms with E-state index >= 15 is 0 Å². The van der Waals surface area contributed by atoms with Crippen LogP contribution in [-0.4, -0.2) is 52.5 Å². The van der Waals surface area contributed by atoms with Gasteiger partial charge in [-0.1, -0.05) is 68.9 Å². The summed E-state index contributed by atoms with van der Waals surface area (Å²) in [5, 5.41) is 6.30. The predicted octanol–water partition coefficient (Wildman–Crippen LogP) is 5.35. The van der Waals surface area contributed by atoms with Gasteiger partial charge in [0.05, 0.1) is 17.9 Å². The maximum absolute atomic E-state index is 14.3. The number of fused-ring (bicyclic) bond motifs is 1. The average molecular weight is 570 g/mol. The third kappa shape index (κ3) is 4.79. The fourth-order valence-corrected chi connectivity index (χ4v) is 7.94. The van der Waals surface area contributed by atoms with Crippen LogP contribution in [0.1, 0.15) is 64.2 Å². The largest absolute Gasteiger partial charge is 0.457 e.